The average molecular weight is 825 g/mol. The predicted molar refractivity (Wildman–Crippen MR) is 274 cm³/mol. The summed E-state index contributed by atoms with van der Waals surface area (Å²) < 4.78 is 25.5. The van der Waals surface area contributed by atoms with Gasteiger partial charge in [0.15, 0.2) is 0 Å². The Hall–Kier alpha value is -7.82. The average Bonchev–Trinajstić information content (AvgIpc) is 4.07. The van der Waals surface area contributed by atoms with E-state index in [0.717, 1.165) is 110 Å². The molecule has 0 unspecified atom stereocenters. The van der Waals surface area contributed by atoms with Crippen molar-refractivity contribution in [3.05, 3.63) is 203 Å². The van der Waals surface area contributed by atoms with E-state index in [-0.39, 0.29) is 0 Å². The Bertz CT molecular complexity index is 3870. The molecule has 0 amide bonds. The first-order chi connectivity index (χ1) is 32.1. The summed E-state index contributed by atoms with van der Waals surface area (Å²) in [7, 11) is 0. The molecule has 4 nitrogen and oxygen atoms in total. The highest BCUT2D eigenvalue weighted by atomic mass is 15.2. The van der Waals surface area contributed by atoms with Gasteiger partial charge in [-0.25, -0.2) is 0 Å². The third-order valence-electron chi connectivity index (χ3n) is 13.8. The van der Waals surface area contributed by atoms with E-state index < -0.39 is 0 Å². The molecule has 0 spiro atoms. The lowest BCUT2D eigenvalue weighted by Crippen LogP contribution is -2.12. The second-order valence-electron chi connectivity index (χ2n) is 18.0. The number of aromatic nitrogens is 2. The second kappa shape index (κ2) is 13.3. The van der Waals surface area contributed by atoms with Crippen LogP contribution < -0.4 is 9.80 Å². The van der Waals surface area contributed by atoms with Crippen molar-refractivity contribution in [1.82, 2.24) is 8.80 Å². The van der Waals surface area contributed by atoms with Crippen molar-refractivity contribution in [2.45, 2.75) is 41.5 Å². The molecule has 64 heavy (non-hydrogen) atoms. The molecular weight excluding hydrogens is 777 g/mol. The van der Waals surface area contributed by atoms with Gasteiger partial charge >= 0.3 is 0 Å². The number of aryl methyl sites for hydroxylation is 6. The molecule has 4 heterocycles. The smallest absolute Gasteiger partial charge is 0.0653 e. The quantitative estimate of drug-likeness (QED) is 0.166. The summed E-state index contributed by atoms with van der Waals surface area (Å²) in [5.74, 6) is 0. The number of hydrogen-bond donors (Lipinski definition) is 0. The zero-order valence-corrected chi connectivity index (χ0v) is 36.8. The standard InChI is InChI=1S/C60H46N4/c1-35-17-23-41(24-18-35)61(53-31-37(3)15-21-39(53)5)51-29-27-43-47-33-56-48(34-55(47)63-49-13-9-7-11-45(49)57(51)59(43)63)44-28-30-52(58-46-12-8-10-14-50(46)64(56)60(44)58)62(42-25-19-36(2)20-26-42)54-32-38(4)16-22-40(54)6/h7-34H,1-6H3/i33D,34D. The van der Waals surface area contributed by atoms with Gasteiger partial charge < -0.3 is 18.6 Å². The van der Waals surface area contributed by atoms with Crippen LogP contribution in [0.1, 0.15) is 36.1 Å². The molecule has 4 aromatic heterocycles. The maximum absolute atomic E-state index is 10.5. The fourth-order valence-corrected chi connectivity index (χ4v) is 10.7. The Kier molecular flexibility index (Phi) is 7.24. The van der Waals surface area contributed by atoms with Crippen molar-refractivity contribution < 1.29 is 2.74 Å². The molecule has 0 aliphatic rings. The molecule has 0 saturated heterocycles. The van der Waals surface area contributed by atoms with E-state index in [1.54, 1.807) is 0 Å². The van der Waals surface area contributed by atoms with E-state index in [4.69, 9.17) is 0 Å². The minimum absolute atomic E-state index is 0.438. The molecule has 9 aromatic carbocycles. The summed E-state index contributed by atoms with van der Waals surface area (Å²) in [6.07, 6.45) is 0. The first-order valence-corrected chi connectivity index (χ1v) is 22.3. The lowest BCUT2D eigenvalue weighted by atomic mass is 10.0. The summed E-state index contributed by atoms with van der Waals surface area (Å²) in [5.41, 5.74) is 19.4. The lowest BCUT2D eigenvalue weighted by Gasteiger charge is -2.28. The Balaban J connectivity index is 1.16. The van der Waals surface area contributed by atoms with Crippen molar-refractivity contribution in [2.75, 3.05) is 9.80 Å². The maximum Gasteiger partial charge on any atom is 0.0653 e. The van der Waals surface area contributed by atoms with Gasteiger partial charge in [0.05, 0.1) is 47.2 Å². The van der Waals surface area contributed by atoms with Crippen LogP contribution in [0.2, 0.25) is 0 Å². The minimum Gasteiger partial charge on any atom is -0.310 e. The van der Waals surface area contributed by atoms with Crippen LogP contribution in [-0.2, 0) is 0 Å². The van der Waals surface area contributed by atoms with Crippen LogP contribution in [0.3, 0.4) is 0 Å². The van der Waals surface area contributed by atoms with E-state index in [1.165, 1.54) is 33.4 Å². The highest BCUT2D eigenvalue weighted by molar-refractivity contribution is 6.32. The van der Waals surface area contributed by atoms with Gasteiger partial charge in [-0.15, -0.1) is 0 Å². The van der Waals surface area contributed by atoms with Gasteiger partial charge in [-0.3, -0.25) is 0 Å². The maximum atomic E-state index is 10.5. The summed E-state index contributed by atoms with van der Waals surface area (Å²) in [5, 5.41) is 8.04. The van der Waals surface area contributed by atoms with E-state index >= 15 is 0 Å². The number of rotatable bonds is 6. The van der Waals surface area contributed by atoms with E-state index in [1.807, 2.05) is 0 Å². The Morgan fingerprint density at radius 1 is 0.344 bits per heavy atom. The molecule has 0 N–H and O–H groups in total. The highest BCUT2D eigenvalue weighted by Crippen LogP contribution is 2.51. The van der Waals surface area contributed by atoms with Crippen molar-refractivity contribution >= 4 is 110 Å². The lowest BCUT2D eigenvalue weighted by molar-refractivity contribution is 1.24. The fourth-order valence-electron chi connectivity index (χ4n) is 10.7. The van der Waals surface area contributed by atoms with E-state index in [9.17, 15) is 2.74 Å². The molecule has 13 aromatic rings. The highest BCUT2D eigenvalue weighted by Gasteiger charge is 2.28. The molecule has 0 radical (unpaired) electrons. The van der Waals surface area contributed by atoms with Gasteiger partial charge in [-0.1, -0.05) is 108 Å². The van der Waals surface area contributed by atoms with Gasteiger partial charge in [0.25, 0.3) is 0 Å². The number of hydrogen-bond acceptors (Lipinski definition) is 2. The van der Waals surface area contributed by atoms with Crippen molar-refractivity contribution in [1.29, 1.82) is 0 Å². The molecule has 0 saturated carbocycles. The molecule has 0 aliphatic carbocycles. The number of nitrogens with zero attached hydrogens (tertiary/aromatic N) is 4. The van der Waals surface area contributed by atoms with Crippen LogP contribution in [-0.4, -0.2) is 8.80 Å². The van der Waals surface area contributed by atoms with Crippen LogP contribution in [0.25, 0.3) is 76.2 Å². The van der Waals surface area contributed by atoms with Gasteiger partial charge in [-0.05, 0) is 137 Å². The third kappa shape index (κ3) is 5.05. The molecule has 0 fully saturated rings. The Morgan fingerprint density at radius 2 is 0.734 bits per heavy atom. The zero-order chi connectivity index (χ0) is 44.9. The predicted octanol–water partition coefficient (Wildman–Crippen LogP) is 16.8. The fraction of sp³-hybridized carbons (Fsp3) is 0.100. The van der Waals surface area contributed by atoms with Crippen molar-refractivity contribution in [3.63, 3.8) is 0 Å². The summed E-state index contributed by atoms with van der Waals surface area (Å²) in [4.78, 5) is 4.80. The Morgan fingerprint density at radius 3 is 1.16 bits per heavy atom. The van der Waals surface area contributed by atoms with Crippen LogP contribution >= 0.6 is 0 Å². The van der Waals surface area contributed by atoms with Crippen molar-refractivity contribution in [3.8, 4) is 0 Å². The minimum atomic E-state index is 0.438. The van der Waals surface area contributed by atoms with Gasteiger partial charge in [0, 0.05) is 65.8 Å². The van der Waals surface area contributed by atoms with E-state index in [2.05, 4.69) is 218 Å². The first-order valence-electron chi connectivity index (χ1n) is 23.3. The van der Waals surface area contributed by atoms with Crippen LogP contribution in [0.4, 0.5) is 34.1 Å². The van der Waals surface area contributed by atoms with Crippen LogP contribution in [0.5, 0.6) is 0 Å². The topological polar surface area (TPSA) is 15.3 Å². The second-order valence-corrected chi connectivity index (χ2v) is 18.0. The monoisotopic (exact) mass is 824 g/mol. The first kappa shape index (κ1) is 34.7. The molecular formula is C60H46N4. The SMILES string of the molecule is [2H]c1c2c3ccc(N(c4ccc(C)cc4)c4cc(C)ccc4C)c4c5ccccc5n(c2c([2H])c2c5ccc(N(c6ccc(C)cc6)c6cc(C)ccc6C)c6c7ccccc7n(c12)c56)c34. The van der Waals surface area contributed by atoms with Gasteiger partial charge in [0.1, 0.15) is 0 Å². The molecule has 13 rings (SSSR count). The Labute approximate surface area is 374 Å². The molecule has 0 aliphatic heterocycles. The molecule has 4 heteroatoms. The van der Waals surface area contributed by atoms with Crippen LogP contribution in [0, 0.1) is 41.5 Å². The van der Waals surface area contributed by atoms with Gasteiger partial charge in [-0.2, -0.15) is 0 Å². The summed E-state index contributed by atoms with van der Waals surface area (Å²) >= 11 is 0. The zero-order valence-electron chi connectivity index (χ0n) is 38.8. The third-order valence-corrected chi connectivity index (χ3v) is 13.8. The van der Waals surface area contributed by atoms with Gasteiger partial charge in [0.2, 0.25) is 0 Å². The number of fused-ring (bicyclic) bond motifs is 12. The van der Waals surface area contributed by atoms with E-state index in [0.29, 0.717) is 12.1 Å². The molecule has 0 atom stereocenters. The summed E-state index contributed by atoms with van der Waals surface area (Å²) in [6, 6.07) is 58.0. The summed E-state index contributed by atoms with van der Waals surface area (Å²) in [6.45, 7) is 12.9. The molecule has 306 valence electrons. The normalized spacial score (nSPS) is 12.7. The van der Waals surface area contributed by atoms with Crippen molar-refractivity contribution in [2.24, 2.45) is 0 Å². The number of benzene rings is 9. The van der Waals surface area contributed by atoms with Crippen LogP contribution in [0.15, 0.2) is 170 Å². The number of para-hydroxylation sites is 2. The molecule has 0 bridgehead atoms. The largest absolute Gasteiger partial charge is 0.310 e. The number of anilines is 6.